The van der Waals surface area contributed by atoms with Crippen LogP contribution in [0.1, 0.15) is 102 Å². The van der Waals surface area contributed by atoms with Gasteiger partial charge in [-0.25, -0.2) is 0 Å². The molecule has 0 heterocycles. The van der Waals surface area contributed by atoms with Gasteiger partial charge >= 0.3 is 0 Å². The third-order valence-electron chi connectivity index (χ3n) is 5.46. The summed E-state index contributed by atoms with van der Waals surface area (Å²) in [5.74, 6) is 0.235. The fourth-order valence-electron chi connectivity index (χ4n) is 3.06. The third-order valence-corrected chi connectivity index (χ3v) is 5.46. The Balaban J connectivity index is -0.00000227. The highest BCUT2D eigenvalue weighted by atomic mass is 16.5. The van der Waals surface area contributed by atoms with E-state index in [1.807, 2.05) is 48.5 Å². The number of ketones is 1. The zero-order valence-corrected chi connectivity index (χ0v) is 24.9. The Morgan fingerprint density at radius 1 is 1.06 bits per heavy atom. The lowest BCUT2D eigenvalue weighted by Crippen LogP contribution is -2.47. The van der Waals surface area contributed by atoms with E-state index in [1.165, 1.54) is 0 Å². The van der Waals surface area contributed by atoms with Crippen molar-refractivity contribution in [1.29, 1.82) is 0 Å². The number of carbonyl (C=O) groups is 2. The lowest BCUT2D eigenvalue weighted by Gasteiger charge is -2.36. The molecule has 0 saturated carbocycles. The topological polar surface area (TPSA) is 93.9 Å². The van der Waals surface area contributed by atoms with Gasteiger partial charge in [0.1, 0.15) is 11.5 Å². The van der Waals surface area contributed by atoms with Gasteiger partial charge in [-0.05, 0) is 53.6 Å². The number of nitrogens with two attached hydrogens (primary N) is 1. The maximum Gasteiger partial charge on any atom is 0.224 e. The predicted molar refractivity (Wildman–Crippen MR) is 145 cm³/mol. The Morgan fingerprint density at radius 2 is 1.59 bits per heavy atom. The molecule has 34 heavy (non-hydrogen) atoms. The van der Waals surface area contributed by atoms with E-state index in [4.69, 9.17) is 15.2 Å². The molecule has 2 unspecified atom stereocenters. The van der Waals surface area contributed by atoms with Gasteiger partial charge in [-0.1, -0.05) is 55.4 Å². The van der Waals surface area contributed by atoms with Crippen molar-refractivity contribution in [3.05, 3.63) is 0 Å². The van der Waals surface area contributed by atoms with Crippen LogP contribution in [-0.4, -0.2) is 67.8 Å². The van der Waals surface area contributed by atoms with Crippen LogP contribution in [0, 0.1) is 11.3 Å². The van der Waals surface area contributed by atoms with Crippen LogP contribution in [0.5, 0.6) is 0 Å². The number of carbonyl (C=O) groups excluding carboxylic acids is 2. The molecule has 0 bridgehead atoms. The number of ether oxygens (including phenoxy) is 2. The number of Topliss-reactive ketones (excluding diaryl/α,β-unsaturated/α-hetero) is 1. The first-order chi connectivity index (χ1) is 15.6. The molecule has 0 rings (SSSR count). The highest BCUT2D eigenvalue weighted by molar-refractivity contribution is 5.77. The highest BCUT2D eigenvalue weighted by Gasteiger charge is 2.28. The summed E-state index contributed by atoms with van der Waals surface area (Å²) >= 11 is 0. The average Bonchev–Trinajstić information content (AvgIpc) is 2.73. The molecule has 7 heteroatoms. The van der Waals surface area contributed by atoms with Crippen LogP contribution in [0.3, 0.4) is 0 Å². The number of hydrogen-bond donors (Lipinski definition) is 2. The summed E-state index contributed by atoms with van der Waals surface area (Å²) < 4.78 is 11.6. The molecule has 0 fully saturated rings. The van der Waals surface area contributed by atoms with Crippen molar-refractivity contribution >= 4 is 11.7 Å². The van der Waals surface area contributed by atoms with Crippen molar-refractivity contribution in [2.75, 3.05) is 40.0 Å². The molecular weight excluding hydrogens is 430 g/mol. The fourth-order valence-corrected chi connectivity index (χ4v) is 3.06. The summed E-state index contributed by atoms with van der Waals surface area (Å²) in [7, 11) is 2.09. The first-order valence-corrected chi connectivity index (χ1v) is 13.1. The summed E-state index contributed by atoms with van der Waals surface area (Å²) in [6, 6.07) is 0. The predicted octanol–water partition coefficient (Wildman–Crippen LogP) is 5.02. The Labute approximate surface area is 211 Å². The number of hydrogen-bond acceptors (Lipinski definition) is 6. The zero-order valence-electron chi connectivity index (χ0n) is 24.9. The molecule has 0 saturated heterocycles. The third kappa shape index (κ3) is 20.4. The van der Waals surface area contributed by atoms with E-state index in [-0.39, 0.29) is 35.0 Å². The summed E-state index contributed by atoms with van der Waals surface area (Å²) in [5, 5.41) is 2.94. The van der Waals surface area contributed by atoms with E-state index in [2.05, 4.69) is 38.0 Å². The summed E-state index contributed by atoms with van der Waals surface area (Å²) in [4.78, 5) is 25.8. The summed E-state index contributed by atoms with van der Waals surface area (Å²) in [5.41, 5.74) is 4.99. The van der Waals surface area contributed by atoms with E-state index >= 15 is 0 Å². The van der Waals surface area contributed by atoms with E-state index < -0.39 is 5.72 Å². The van der Waals surface area contributed by atoms with E-state index in [1.54, 1.807) is 13.8 Å². The zero-order chi connectivity index (χ0) is 27.6. The Kier molecular flexibility index (Phi) is 21.2. The van der Waals surface area contributed by atoms with Crippen molar-refractivity contribution in [2.45, 2.75) is 114 Å². The van der Waals surface area contributed by atoms with Gasteiger partial charge in [-0.15, -0.1) is 0 Å². The molecule has 3 N–H and O–H groups in total. The number of amides is 1. The smallest absolute Gasteiger partial charge is 0.224 e. The van der Waals surface area contributed by atoms with Crippen molar-refractivity contribution in [1.82, 2.24) is 10.2 Å². The lowest BCUT2D eigenvalue weighted by atomic mass is 9.94. The number of nitrogens with one attached hydrogen (secondary N) is 1. The van der Waals surface area contributed by atoms with Gasteiger partial charge in [-0.3, -0.25) is 4.79 Å². The molecule has 0 aliphatic carbocycles. The van der Waals surface area contributed by atoms with Crippen LogP contribution in [0.25, 0.3) is 0 Å². The van der Waals surface area contributed by atoms with Gasteiger partial charge in [0.25, 0.3) is 0 Å². The van der Waals surface area contributed by atoms with Crippen molar-refractivity contribution in [3.8, 4) is 0 Å². The second-order valence-corrected chi connectivity index (χ2v) is 10.4. The highest BCUT2D eigenvalue weighted by Crippen LogP contribution is 2.19. The van der Waals surface area contributed by atoms with Gasteiger partial charge in [-0.2, -0.15) is 0 Å². The fraction of sp³-hybridized carbons (Fsp3) is 0.926. The van der Waals surface area contributed by atoms with Crippen LogP contribution in [0.15, 0.2) is 0 Å². The van der Waals surface area contributed by atoms with Crippen LogP contribution in [0.4, 0.5) is 0 Å². The summed E-state index contributed by atoms with van der Waals surface area (Å²) in [6.07, 6.45) is 1.46. The maximum atomic E-state index is 12.4. The molecule has 0 radical (unpaired) electrons. The van der Waals surface area contributed by atoms with Crippen LogP contribution in [0.2, 0.25) is 0 Å². The van der Waals surface area contributed by atoms with Gasteiger partial charge in [0.05, 0.1) is 19.6 Å². The molecular formula is C27H59N3O4. The second kappa shape index (κ2) is 19.2. The van der Waals surface area contributed by atoms with Crippen molar-refractivity contribution < 1.29 is 19.1 Å². The monoisotopic (exact) mass is 489 g/mol. The Bertz CT molecular complexity index is 534. The first-order valence-electron chi connectivity index (χ1n) is 13.1. The lowest BCUT2D eigenvalue weighted by molar-refractivity contribution is -0.129. The largest absolute Gasteiger partial charge is 0.381 e. The van der Waals surface area contributed by atoms with Crippen LogP contribution in [-0.2, 0) is 19.1 Å². The molecule has 2 atom stereocenters. The molecule has 0 aliphatic rings. The van der Waals surface area contributed by atoms with E-state index in [0.717, 1.165) is 13.0 Å². The van der Waals surface area contributed by atoms with Crippen LogP contribution < -0.4 is 11.1 Å². The molecule has 1 amide bonds. The molecule has 206 valence electrons. The Hall–Kier alpha value is -1.02. The molecule has 0 aliphatic heterocycles. The maximum absolute atomic E-state index is 12.4. The Morgan fingerprint density at radius 3 is 2.06 bits per heavy atom. The molecule has 0 aromatic rings. The van der Waals surface area contributed by atoms with Gasteiger partial charge in [0, 0.05) is 30.5 Å². The quantitative estimate of drug-likeness (QED) is 0.296. The number of rotatable bonds is 16. The van der Waals surface area contributed by atoms with E-state index in [0.29, 0.717) is 32.8 Å². The van der Waals surface area contributed by atoms with Crippen molar-refractivity contribution in [2.24, 2.45) is 17.1 Å². The number of nitrogens with zero attached hydrogens (tertiary/aromatic N) is 1. The normalized spacial score (nSPS) is 14.2. The second-order valence-electron chi connectivity index (χ2n) is 10.4. The van der Waals surface area contributed by atoms with Gasteiger partial charge in [0.2, 0.25) is 5.91 Å². The molecule has 0 aromatic carbocycles. The minimum absolute atomic E-state index is 0.0129. The van der Waals surface area contributed by atoms with Gasteiger partial charge in [0.15, 0.2) is 0 Å². The minimum Gasteiger partial charge on any atom is -0.381 e. The SMILES string of the molecule is CC.CC.CCN(C)C(C)(C)CCOC(C)(N)CC(=O)NCC(C)(C)COCC(C)CC(C)=O. The van der Waals surface area contributed by atoms with Crippen LogP contribution >= 0.6 is 0 Å². The van der Waals surface area contributed by atoms with Crippen molar-refractivity contribution in [3.63, 3.8) is 0 Å². The summed E-state index contributed by atoms with van der Waals surface area (Å²) in [6.45, 7) is 26.9. The molecule has 0 spiro atoms. The standard InChI is InChI=1S/C23H47N3O4.2C2H6/c1-10-26(9)22(6,7)11-12-30-23(8,24)14-20(28)25-16-21(4,5)17-29-15-18(2)13-19(3)27;2*1-2/h18H,10-17,24H2,1-9H3,(H,25,28);2*1-2H3. The van der Waals surface area contributed by atoms with E-state index in [9.17, 15) is 9.59 Å². The minimum atomic E-state index is -1.01. The molecule has 7 nitrogen and oxygen atoms in total. The molecule has 0 aromatic heterocycles. The first kappa shape index (κ1) is 37.5. The average molecular weight is 490 g/mol. The van der Waals surface area contributed by atoms with Gasteiger partial charge < -0.3 is 30.2 Å².